The van der Waals surface area contributed by atoms with Crippen LogP contribution in [0.1, 0.15) is 43.7 Å². The van der Waals surface area contributed by atoms with Crippen molar-refractivity contribution in [2.24, 2.45) is 11.8 Å². The molecule has 6 nitrogen and oxygen atoms in total. The summed E-state index contributed by atoms with van der Waals surface area (Å²) in [6, 6.07) is 0.331. The molecule has 2 atom stereocenters. The number of carbonyl (C=O) groups excluding carboxylic acids is 1. The van der Waals surface area contributed by atoms with Gasteiger partial charge in [-0.3, -0.25) is 9.69 Å². The fraction of sp³-hybridized carbons (Fsp3) is 0.765. The molecule has 23 heavy (non-hydrogen) atoms. The van der Waals surface area contributed by atoms with Crippen LogP contribution in [0.4, 0.5) is 0 Å². The van der Waals surface area contributed by atoms with Gasteiger partial charge in [-0.2, -0.15) is 0 Å². The lowest BCUT2D eigenvalue weighted by atomic mass is 10.1. The molecule has 0 radical (unpaired) electrons. The summed E-state index contributed by atoms with van der Waals surface area (Å²) >= 11 is 0. The van der Waals surface area contributed by atoms with Crippen LogP contribution in [-0.2, 0) is 22.6 Å². The SMILES string of the molecule is C[C@H]1c2ncc(CNC(=O)C3CC3)n2CCN1C[C@H]1CCOC1. The highest BCUT2D eigenvalue weighted by molar-refractivity contribution is 5.80. The zero-order valence-corrected chi connectivity index (χ0v) is 13.8. The molecule has 0 bridgehead atoms. The van der Waals surface area contributed by atoms with E-state index in [9.17, 15) is 4.79 Å². The van der Waals surface area contributed by atoms with Gasteiger partial charge in [0, 0.05) is 32.2 Å². The molecule has 3 aliphatic rings. The molecule has 1 amide bonds. The van der Waals surface area contributed by atoms with Crippen molar-refractivity contribution in [2.45, 2.75) is 45.3 Å². The fourth-order valence-electron chi connectivity index (χ4n) is 3.72. The van der Waals surface area contributed by atoms with E-state index in [0.717, 1.165) is 57.2 Å². The van der Waals surface area contributed by atoms with E-state index < -0.39 is 0 Å². The van der Waals surface area contributed by atoms with Crippen LogP contribution in [0.2, 0.25) is 0 Å². The maximum absolute atomic E-state index is 11.8. The first kappa shape index (κ1) is 15.1. The Labute approximate surface area is 137 Å². The minimum absolute atomic E-state index is 0.201. The van der Waals surface area contributed by atoms with Crippen molar-refractivity contribution in [3.63, 3.8) is 0 Å². The van der Waals surface area contributed by atoms with Crippen molar-refractivity contribution in [1.82, 2.24) is 19.8 Å². The summed E-state index contributed by atoms with van der Waals surface area (Å²) in [5.74, 6) is 2.26. The maximum Gasteiger partial charge on any atom is 0.223 e. The van der Waals surface area contributed by atoms with Crippen molar-refractivity contribution >= 4 is 5.91 Å². The van der Waals surface area contributed by atoms with Crippen LogP contribution >= 0.6 is 0 Å². The summed E-state index contributed by atoms with van der Waals surface area (Å²) in [4.78, 5) is 19.0. The molecule has 6 heteroatoms. The van der Waals surface area contributed by atoms with Gasteiger partial charge in [-0.1, -0.05) is 0 Å². The number of ether oxygens (including phenoxy) is 1. The number of rotatable bonds is 5. The fourth-order valence-corrected chi connectivity index (χ4v) is 3.72. The third kappa shape index (κ3) is 3.15. The lowest BCUT2D eigenvalue weighted by Gasteiger charge is -2.35. The second kappa shape index (κ2) is 6.24. The van der Waals surface area contributed by atoms with Crippen molar-refractivity contribution in [3.8, 4) is 0 Å². The number of imidazole rings is 1. The summed E-state index contributed by atoms with van der Waals surface area (Å²) in [6.07, 6.45) is 5.21. The number of nitrogens with zero attached hydrogens (tertiary/aromatic N) is 3. The topological polar surface area (TPSA) is 59.4 Å². The van der Waals surface area contributed by atoms with E-state index in [1.165, 1.54) is 6.42 Å². The average Bonchev–Trinajstić information content (AvgIpc) is 3.13. The van der Waals surface area contributed by atoms with E-state index in [-0.39, 0.29) is 11.8 Å². The molecule has 0 unspecified atom stereocenters. The Kier molecular flexibility index (Phi) is 4.11. The van der Waals surface area contributed by atoms with Crippen LogP contribution in [0.3, 0.4) is 0 Å². The van der Waals surface area contributed by atoms with Crippen molar-refractivity contribution in [2.75, 3.05) is 26.3 Å². The smallest absolute Gasteiger partial charge is 0.223 e. The lowest BCUT2D eigenvalue weighted by molar-refractivity contribution is -0.122. The molecule has 3 heterocycles. The van der Waals surface area contributed by atoms with E-state index in [1.807, 2.05) is 6.20 Å². The molecule has 1 saturated carbocycles. The number of nitrogens with one attached hydrogen (secondary N) is 1. The molecule has 1 saturated heterocycles. The summed E-state index contributed by atoms with van der Waals surface area (Å²) in [7, 11) is 0. The van der Waals surface area contributed by atoms with Gasteiger partial charge in [0.1, 0.15) is 5.82 Å². The largest absolute Gasteiger partial charge is 0.381 e. The first-order valence-corrected chi connectivity index (χ1v) is 8.86. The normalized spacial score (nSPS) is 27.9. The Morgan fingerprint density at radius 3 is 3.00 bits per heavy atom. The van der Waals surface area contributed by atoms with Gasteiger partial charge in [-0.05, 0) is 32.1 Å². The number of carbonyl (C=O) groups is 1. The molecule has 1 aromatic heterocycles. The van der Waals surface area contributed by atoms with Gasteiger partial charge in [0.15, 0.2) is 0 Å². The Morgan fingerprint density at radius 1 is 1.39 bits per heavy atom. The van der Waals surface area contributed by atoms with Gasteiger partial charge in [-0.25, -0.2) is 4.98 Å². The summed E-state index contributed by atoms with van der Waals surface area (Å²) in [6.45, 7) is 7.75. The zero-order valence-electron chi connectivity index (χ0n) is 13.8. The third-order valence-corrected chi connectivity index (χ3v) is 5.41. The lowest BCUT2D eigenvalue weighted by Crippen LogP contribution is -2.40. The predicted molar refractivity (Wildman–Crippen MR) is 85.7 cm³/mol. The van der Waals surface area contributed by atoms with Crippen molar-refractivity contribution < 1.29 is 9.53 Å². The van der Waals surface area contributed by atoms with Crippen molar-refractivity contribution in [3.05, 3.63) is 17.7 Å². The molecule has 0 spiro atoms. The zero-order chi connectivity index (χ0) is 15.8. The summed E-state index contributed by atoms with van der Waals surface area (Å²) < 4.78 is 7.79. The van der Waals surface area contributed by atoms with Crippen LogP contribution < -0.4 is 5.32 Å². The van der Waals surface area contributed by atoms with E-state index in [0.29, 0.717) is 18.5 Å². The molecule has 1 aromatic rings. The Hall–Kier alpha value is -1.40. The average molecular weight is 318 g/mol. The van der Waals surface area contributed by atoms with Crippen LogP contribution in [0, 0.1) is 11.8 Å². The van der Waals surface area contributed by atoms with Gasteiger partial charge in [-0.15, -0.1) is 0 Å². The molecule has 2 aliphatic heterocycles. The van der Waals surface area contributed by atoms with E-state index in [2.05, 4.69) is 26.7 Å². The maximum atomic E-state index is 11.8. The van der Waals surface area contributed by atoms with Gasteiger partial charge in [0.2, 0.25) is 5.91 Å². The predicted octanol–water partition coefficient (Wildman–Crippen LogP) is 1.32. The minimum Gasteiger partial charge on any atom is -0.381 e. The van der Waals surface area contributed by atoms with Crippen molar-refractivity contribution in [1.29, 1.82) is 0 Å². The Balaban J connectivity index is 1.39. The minimum atomic E-state index is 0.201. The van der Waals surface area contributed by atoms with Crippen LogP contribution in [-0.4, -0.2) is 46.7 Å². The molecule has 1 N–H and O–H groups in total. The highest BCUT2D eigenvalue weighted by Gasteiger charge is 2.31. The Morgan fingerprint density at radius 2 is 2.26 bits per heavy atom. The number of amides is 1. The number of aromatic nitrogens is 2. The number of hydrogen-bond donors (Lipinski definition) is 1. The van der Waals surface area contributed by atoms with E-state index in [4.69, 9.17) is 4.74 Å². The molecule has 1 aliphatic carbocycles. The Bertz CT molecular complexity index is 575. The monoisotopic (exact) mass is 318 g/mol. The van der Waals surface area contributed by atoms with E-state index >= 15 is 0 Å². The molecule has 126 valence electrons. The van der Waals surface area contributed by atoms with E-state index in [1.54, 1.807) is 0 Å². The van der Waals surface area contributed by atoms with Gasteiger partial charge >= 0.3 is 0 Å². The summed E-state index contributed by atoms with van der Waals surface area (Å²) in [5, 5.41) is 3.05. The highest BCUT2D eigenvalue weighted by atomic mass is 16.5. The van der Waals surface area contributed by atoms with Gasteiger partial charge in [0.05, 0.1) is 31.1 Å². The third-order valence-electron chi connectivity index (χ3n) is 5.41. The van der Waals surface area contributed by atoms with Gasteiger partial charge in [0.25, 0.3) is 0 Å². The second-order valence-electron chi connectivity index (χ2n) is 7.15. The number of fused-ring (bicyclic) bond motifs is 1. The standard InChI is InChI=1S/C17H26N4O2/c1-12-16-18-8-15(9-19-17(22)14-2-3-14)21(16)6-5-20(12)10-13-4-7-23-11-13/h8,12-14H,2-7,9-11H2,1H3,(H,19,22)/t12-,13+/m0/s1. The molecule has 0 aromatic carbocycles. The molecule has 2 fully saturated rings. The second-order valence-corrected chi connectivity index (χ2v) is 7.15. The quantitative estimate of drug-likeness (QED) is 0.889. The molecule has 4 rings (SSSR count). The molecular weight excluding hydrogens is 292 g/mol. The van der Waals surface area contributed by atoms with Crippen LogP contribution in [0.25, 0.3) is 0 Å². The number of hydrogen-bond acceptors (Lipinski definition) is 4. The first-order chi connectivity index (χ1) is 11.2. The summed E-state index contributed by atoms with van der Waals surface area (Å²) in [5.41, 5.74) is 1.13. The highest BCUT2D eigenvalue weighted by Crippen LogP contribution is 2.30. The molecular formula is C17H26N4O2. The first-order valence-electron chi connectivity index (χ1n) is 8.86. The van der Waals surface area contributed by atoms with Crippen LogP contribution in [0.15, 0.2) is 6.20 Å². The van der Waals surface area contributed by atoms with Crippen LogP contribution in [0.5, 0.6) is 0 Å². The van der Waals surface area contributed by atoms with Gasteiger partial charge < -0.3 is 14.6 Å².